The summed E-state index contributed by atoms with van der Waals surface area (Å²) in [6, 6.07) is 4.69. The minimum atomic E-state index is -1.99. The number of hydrogen-bond donors (Lipinski definition) is 8. The number of ketones is 1. The van der Waals surface area contributed by atoms with Gasteiger partial charge in [-0.05, 0) is 62.1 Å². The highest BCUT2D eigenvalue weighted by Crippen LogP contribution is 2.28. The van der Waals surface area contributed by atoms with Crippen molar-refractivity contribution in [1.29, 1.82) is 0 Å². The summed E-state index contributed by atoms with van der Waals surface area (Å²) in [6.45, 7) is -0.346. The van der Waals surface area contributed by atoms with Gasteiger partial charge in [0.05, 0.1) is 19.1 Å². The number of carboxylic acid groups (broad SMARTS) is 2. The third-order valence-corrected chi connectivity index (χ3v) is 9.66. The molecule has 0 spiro atoms. The second-order valence-corrected chi connectivity index (χ2v) is 14.4. The van der Waals surface area contributed by atoms with Crippen LogP contribution in [0.1, 0.15) is 50.2 Å². The number of amides is 4. The maximum atomic E-state index is 14.1. The second-order valence-electron chi connectivity index (χ2n) is 14.4. The van der Waals surface area contributed by atoms with Crippen LogP contribution in [0, 0.1) is 29.1 Å². The van der Waals surface area contributed by atoms with Gasteiger partial charge in [-0.15, -0.1) is 0 Å². The predicted octanol–water partition coefficient (Wildman–Crippen LogP) is 1.99. The van der Waals surface area contributed by atoms with E-state index in [4.69, 9.17) is 10.5 Å². The van der Waals surface area contributed by atoms with Gasteiger partial charge in [0.15, 0.2) is 23.2 Å². The molecule has 63 heavy (non-hydrogen) atoms. The molecule has 0 saturated carbocycles. The molecule has 0 aliphatic carbocycles. The summed E-state index contributed by atoms with van der Waals surface area (Å²) in [5, 5.41) is 31.2. The van der Waals surface area contributed by atoms with E-state index in [2.05, 4.69) is 31.3 Å². The van der Waals surface area contributed by atoms with Crippen molar-refractivity contribution in [3.05, 3.63) is 94.8 Å². The fraction of sp³-hybridized carbons (Fsp3) is 0.390. The van der Waals surface area contributed by atoms with Crippen molar-refractivity contribution in [1.82, 2.24) is 21.3 Å². The Morgan fingerprint density at radius 3 is 2.06 bits per heavy atom. The highest BCUT2D eigenvalue weighted by molar-refractivity contribution is 5.97. The Morgan fingerprint density at radius 1 is 0.794 bits per heavy atom. The smallest absolute Gasteiger partial charge is 0.305 e. The molecule has 1 unspecified atom stereocenters. The van der Waals surface area contributed by atoms with E-state index in [0.29, 0.717) is 16.8 Å². The molecule has 17 nitrogen and oxygen atoms in total. The summed E-state index contributed by atoms with van der Waals surface area (Å²) in [7, 11) is 0. The van der Waals surface area contributed by atoms with E-state index < -0.39 is 132 Å². The van der Waals surface area contributed by atoms with Gasteiger partial charge in [-0.25, -0.2) is 13.2 Å². The number of anilines is 1. The van der Waals surface area contributed by atoms with Crippen molar-refractivity contribution in [3.63, 3.8) is 0 Å². The van der Waals surface area contributed by atoms with E-state index in [-0.39, 0.29) is 44.9 Å². The number of carboxylic acids is 2. The number of carbonyl (C=O) groups is 7. The molecule has 340 valence electrons. The highest BCUT2D eigenvalue weighted by Gasteiger charge is 2.36. The van der Waals surface area contributed by atoms with Crippen LogP contribution < -0.4 is 37.1 Å². The average Bonchev–Trinajstić information content (AvgIpc) is 3.66. The SMILES string of the molecule is CC(OCc1ccccc1)[C@H](NC(=O)[C@H](CCCC(=O)O)NC(=O)[C@@H]1Cc2cc(F)ccc2N1)C(=O)N[C@@H](CCN)C(=O)N[C@@H](CC(=O)O)C(=O)COc1c(F)c(F)cc(F)c1F. The zero-order valence-electron chi connectivity index (χ0n) is 33.6. The maximum absolute atomic E-state index is 14.1. The minimum absolute atomic E-state index is 0.0540. The maximum Gasteiger partial charge on any atom is 0.305 e. The molecule has 1 aliphatic heterocycles. The number of nitrogens with one attached hydrogen (secondary N) is 5. The Balaban J connectivity index is 1.54. The molecule has 0 bridgehead atoms. The van der Waals surface area contributed by atoms with E-state index in [9.17, 15) is 65.7 Å². The summed E-state index contributed by atoms with van der Waals surface area (Å²) in [4.78, 5) is 91.0. The molecule has 6 atom stereocenters. The number of halogens is 5. The first-order valence-electron chi connectivity index (χ1n) is 19.4. The number of aliphatic carboxylic acids is 2. The minimum Gasteiger partial charge on any atom is -0.481 e. The Hall–Kier alpha value is -6.68. The highest BCUT2D eigenvalue weighted by atomic mass is 19.2. The molecule has 4 rings (SSSR count). The normalized spacial score (nSPS) is 15.3. The van der Waals surface area contributed by atoms with Gasteiger partial charge in [-0.1, -0.05) is 30.3 Å². The van der Waals surface area contributed by atoms with Crippen molar-refractivity contribution in [2.45, 2.75) is 88.4 Å². The molecule has 22 heteroatoms. The summed E-state index contributed by atoms with van der Waals surface area (Å²) in [5.41, 5.74) is 7.34. The molecule has 0 aromatic heterocycles. The van der Waals surface area contributed by atoms with Crippen LogP contribution in [0.3, 0.4) is 0 Å². The lowest BCUT2D eigenvalue weighted by Gasteiger charge is -2.29. The fourth-order valence-electron chi connectivity index (χ4n) is 6.35. The molecular weight excluding hydrogens is 847 g/mol. The van der Waals surface area contributed by atoms with Gasteiger partial charge in [0.25, 0.3) is 0 Å². The number of nitrogens with two attached hydrogens (primary N) is 1. The predicted molar refractivity (Wildman–Crippen MR) is 210 cm³/mol. The Bertz CT molecular complexity index is 2140. The number of carbonyl (C=O) groups excluding carboxylic acids is 5. The van der Waals surface area contributed by atoms with Gasteiger partial charge in [0, 0.05) is 24.6 Å². The number of benzene rings is 3. The quantitative estimate of drug-likeness (QED) is 0.0473. The number of hydrogen-bond acceptors (Lipinski definition) is 11. The van der Waals surface area contributed by atoms with E-state index in [1.807, 2.05) is 0 Å². The Morgan fingerprint density at radius 2 is 1.43 bits per heavy atom. The van der Waals surface area contributed by atoms with E-state index in [1.54, 1.807) is 30.3 Å². The van der Waals surface area contributed by atoms with Crippen LogP contribution in [0.25, 0.3) is 0 Å². The van der Waals surface area contributed by atoms with Crippen LogP contribution in [0.15, 0.2) is 54.6 Å². The standard InChI is InChI=1S/C41H45F5N6O11/c1-20(62-18-21-6-3-2-4-7-21)36(52-39(59)27(8-5-9-32(54)55)49-40(60)30-15-22-14-23(42)10-11-26(22)48-30)41(61)50-28(12-13-47)38(58)51-29(17-33(56)57)31(53)19-63-37-34(45)24(43)16-25(44)35(37)46/h2-4,6-7,10-11,14,16,20,27-30,36,48H,5,8-9,12-13,15,17-19,47H2,1H3,(H,49,60)(H,50,61)(H,51,58)(H,52,59)(H,54,55)(H,56,57)/t20?,27-,28-,29-,30-,36-/m0/s1. The van der Waals surface area contributed by atoms with E-state index in [0.717, 1.165) is 0 Å². The van der Waals surface area contributed by atoms with Crippen LogP contribution >= 0.6 is 0 Å². The van der Waals surface area contributed by atoms with Crippen LogP contribution in [-0.4, -0.2) is 101 Å². The lowest BCUT2D eigenvalue weighted by Crippen LogP contribution is -2.61. The van der Waals surface area contributed by atoms with Crippen molar-refractivity contribution in [2.75, 3.05) is 18.5 Å². The van der Waals surface area contributed by atoms with Gasteiger partial charge in [0.1, 0.15) is 42.6 Å². The van der Waals surface area contributed by atoms with Gasteiger partial charge in [-0.3, -0.25) is 33.6 Å². The monoisotopic (exact) mass is 892 g/mol. The van der Waals surface area contributed by atoms with Crippen LogP contribution in [0.5, 0.6) is 5.75 Å². The molecule has 9 N–H and O–H groups in total. The molecule has 0 fully saturated rings. The zero-order valence-corrected chi connectivity index (χ0v) is 33.6. The number of Topliss-reactive ketones (excluding diaryl/α,β-unsaturated/α-hetero) is 1. The molecular formula is C41H45F5N6O11. The molecule has 4 amide bonds. The van der Waals surface area contributed by atoms with Gasteiger partial charge >= 0.3 is 11.9 Å². The van der Waals surface area contributed by atoms with Gasteiger partial charge in [-0.2, -0.15) is 8.78 Å². The largest absolute Gasteiger partial charge is 0.481 e. The first-order valence-corrected chi connectivity index (χ1v) is 19.4. The van der Waals surface area contributed by atoms with Crippen LogP contribution in [-0.2, 0) is 51.3 Å². The first-order chi connectivity index (χ1) is 29.9. The summed E-state index contributed by atoms with van der Waals surface area (Å²) in [5.74, 6) is -17.9. The molecule has 3 aromatic rings. The fourth-order valence-corrected chi connectivity index (χ4v) is 6.35. The second kappa shape index (κ2) is 23.0. The summed E-state index contributed by atoms with van der Waals surface area (Å²) < 4.78 is 80.1. The van der Waals surface area contributed by atoms with Crippen molar-refractivity contribution in [3.8, 4) is 5.75 Å². The lowest BCUT2D eigenvalue weighted by atomic mass is 10.0. The van der Waals surface area contributed by atoms with E-state index in [1.165, 1.54) is 25.1 Å². The third-order valence-electron chi connectivity index (χ3n) is 9.66. The molecule has 1 heterocycles. The van der Waals surface area contributed by atoms with Crippen LogP contribution in [0.4, 0.5) is 27.6 Å². The van der Waals surface area contributed by atoms with Gasteiger partial charge < -0.3 is 52.0 Å². The third kappa shape index (κ3) is 14.2. The van der Waals surface area contributed by atoms with E-state index >= 15 is 0 Å². The van der Waals surface area contributed by atoms with Crippen molar-refractivity contribution < 1.29 is 75.2 Å². The average molecular weight is 893 g/mol. The summed E-state index contributed by atoms with van der Waals surface area (Å²) >= 11 is 0. The molecule has 0 radical (unpaired) electrons. The number of fused-ring (bicyclic) bond motifs is 1. The number of rotatable bonds is 24. The lowest BCUT2D eigenvalue weighted by molar-refractivity contribution is -0.141. The number of ether oxygens (including phenoxy) is 2. The molecule has 0 saturated heterocycles. The molecule has 1 aliphatic rings. The summed E-state index contributed by atoms with van der Waals surface area (Å²) in [6.07, 6.45) is -3.33. The Kier molecular flexibility index (Phi) is 17.8. The topological polar surface area (TPSA) is 265 Å². The van der Waals surface area contributed by atoms with Crippen molar-refractivity contribution in [2.24, 2.45) is 5.73 Å². The van der Waals surface area contributed by atoms with Crippen LogP contribution in [0.2, 0.25) is 0 Å². The Labute approximate surface area is 356 Å². The first kappa shape index (κ1) is 49.0. The van der Waals surface area contributed by atoms with Gasteiger partial charge in [0.2, 0.25) is 35.3 Å². The zero-order chi connectivity index (χ0) is 46.4. The molecule has 3 aromatic carbocycles. The van der Waals surface area contributed by atoms with Crippen molar-refractivity contribution >= 4 is 47.0 Å².